The number of amides is 4. The van der Waals surface area contributed by atoms with Crippen LogP contribution in [-0.2, 0) is 20.0 Å². The average molecular weight is 391 g/mol. The number of benzene rings is 1. The summed E-state index contributed by atoms with van der Waals surface area (Å²) < 4.78 is 49.5. The Morgan fingerprint density at radius 1 is 1.08 bits per heavy atom. The van der Waals surface area contributed by atoms with Crippen LogP contribution in [0.1, 0.15) is 25.3 Å². The zero-order chi connectivity index (χ0) is 19.3. The van der Waals surface area contributed by atoms with Gasteiger partial charge in [0.25, 0.3) is 10.0 Å². The monoisotopic (exact) mass is 391 g/mol. The van der Waals surface area contributed by atoms with Crippen LogP contribution in [-0.4, -0.2) is 46.0 Å². The van der Waals surface area contributed by atoms with Crippen LogP contribution in [0.5, 0.6) is 0 Å². The van der Waals surface area contributed by atoms with Gasteiger partial charge in [0, 0.05) is 6.54 Å². The third-order valence-electron chi connectivity index (χ3n) is 3.12. The summed E-state index contributed by atoms with van der Waals surface area (Å²) in [6, 6.07) is 3.15. The van der Waals surface area contributed by atoms with Crippen LogP contribution in [0.2, 0.25) is 0 Å². The van der Waals surface area contributed by atoms with Gasteiger partial charge in [-0.1, -0.05) is 31.0 Å². The minimum Gasteiger partial charge on any atom is -0.258 e. The molecule has 0 bridgehead atoms. The van der Waals surface area contributed by atoms with E-state index in [1.165, 1.54) is 12.1 Å². The zero-order valence-electron chi connectivity index (χ0n) is 14.1. The maximum atomic E-state index is 12.1. The molecule has 0 aromatic heterocycles. The van der Waals surface area contributed by atoms with Crippen LogP contribution in [0.15, 0.2) is 29.2 Å². The summed E-state index contributed by atoms with van der Waals surface area (Å²) in [5, 5.41) is 1.71. The Hall–Kier alpha value is -2.14. The van der Waals surface area contributed by atoms with Crippen LogP contribution in [0.3, 0.4) is 0 Å². The number of sulfonamides is 2. The SMILES string of the molecule is CCCCN(C(=O)NC(=O)NS(=O)(=O)c1ccc(C)cc1)S(C)(=O)=O. The molecule has 0 aliphatic heterocycles. The van der Waals surface area contributed by atoms with Gasteiger partial charge >= 0.3 is 12.1 Å². The number of rotatable bonds is 6. The van der Waals surface area contributed by atoms with Crippen LogP contribution < -0.4 is 10.0 Å². The Morgan fingerprint density at radius 2 is 1.64 bits per heavy atom. The molecule has 11 heteroatoms. The third kappa shape index (κ3) is 6.35. The van der Waals surface area contributed by atoms with Gasteiger partial charge in [0.15, 0.2) is 0 Å². The molecule has 9 nitrogen and oxygen atoms in total. The minimum atomic E-state index is -4.18. The van der Waals surface area contributed by atoms with E-state index in [1.807, 2.05) is 0 Å². The maximum absolute atomic E-state index is 12.1. The molecule has 0 heterocycles. The van der Waals surface area contributed by atoms with E-state index in [-0.39, 0.29) is 11.4 Å². The second-order valence-corrected chi connectivity index (χ2v) is 8.96. The van der Waals surface area contributed by atoms with Gasteiger partial charge in [-0.25, -0.2) is 35.5 Å². The van der Waals surface area contributed by atoms with Gasteiger partial charge in [-0.2, -0.15) is 0 Å². The molecule has 0 saturated heterocycles. The molecule has 2 N–H and O–H groups in total. The molecular weight excluding hydrogens is 370 g/mol. The lowest BCUT2D eigenvalue weighted by Gasteiger charge is -2.20. The van der Waals surface area contributed by atoms with Crippen LogP contribution in [0.4, 0.5) is 9.59 Å². The molecule has 0 aliphatic rings. The summed E-state index contributed by atoms with van der Waals surface area (Å²) in [5.41, 5.74) is 0.832. The maximum Gasteiger partial charge on any atom is 0.339 e. The second-order valence-electron chi connectivity index (χ2n) is 5.37. The molecule has 1 rings (SSSR count). The minimum absolute atomic E-state index is 0.112. The van der Waals surface area contributed by atoms with Crippen molar-refractivity contribution in [3.8, 4) is 0 Å². The molecule has 0 unspecified atom stereocenters. The van der Waals surface area contributed by atoms with Crippen molar-refractivity contribution in [1.82, 2.24) is 14.3 Å². The van der Waals surface area contributed by atoms with Crippen LogP contribution in [0.25, 0.3) is 0 Å². The highest BCUT2D eigenvalue weighted by Crippen LogP contribution is 2.09. The number of nitrogens with zero attached hydrogens (tertiary/aromatic N) is 1. The van der Waals surface area contributed by atoms with Crippen molar-refractivity contribution in [2.24, 2.45) is 0 Å². The standard InChI is InChI=1S/C14H21N3O6S2/c1-4-5-10-17(24(3,20)21)14(19)15-13(18)16-25(22,23)12-8-6-11(2)7-9-12/h6-9H,4-5,10H2,1-3H3,(H2,15,16,18,19). The molecule has 0 atom stereocenters. The fraction of sp³-hybridized carbons (Fsp3) is 0.429. The fourth-order valence-corrected chi connectivity index (χ4v) is 3.52. The van der Waals surface area contributed by atoms with Crippen molar-refractivity contribution in [2.45, 2.75) is 31.6 Å². The normalized spacial score (nSPS) is 11.6. The molecule has 1 aromatic rings. The molecule has 1 aromatic carbocycles. The van der Waals surface area contributed by atoms with Crippen molar-refractivity contribution >= 4 is 32.1 Å². The first-order valence-corrected chi connectivity index (χ1v) is 10.7. The Bertz CT molecular complexity index is 832. The van der Waals surface area contributed by atoms with E-state index in [1.54, 1.807) is 36.0 Å². The highest BCUT2D eigenvalue weighted by Gasteiger charge is 2.26. The Morgan fingerprint density at radius 3 is 2.12 bits per heavy atom. The molecular formula is C14H21N3O6S2. The first kappa shape index (κ1) is 20.9. The predicted molar refractivity (Wildman–Crippen MR) is 91.9 cm³/mol. The van der Waals surface area contributed by atoms with Crippen molar-refractivity contribution in [1.29, 1.82) is 0 Å². The van der Waals surface area contributed by atoms with Crippen molar-refractivity contribution in [3.63, 3.8) is 0 Å². The number of carbonyl (C=O) groups excluding carboxylic acids is 2. The molecule has 4 amide bonds. The molecule has 140 valence electrons. The Labute approximate surface area is 147 Å². The van der Waals surface area contributed by atoms with E-state index < -0.39 is 32.1 Å². The van der Waals surface area contributed by atoms with Gasteiger partial charge in [-0.05, 0) is 25.5 Å². The van der Waals surface area contributed by atoms with E-state index in [4.69, 9.17) is 0 Å². The largest absolute Gasteiger partial charge is 0.339 e. The molecule has 0 fully saturated rings. The topological polar surface area (TPSA) is 130 Å². The lowest BCUT2D eigenvalue weighted by atomic mass is 10.2. The molecule has 0 radical (unpaired) electrons. The number of aryl methyl sites for hydroxylation is 1. The molecule has 0 spiro atoms. The molecule has 0 saturated carbocycles. The van der Waals surface area contributed by atoms with Crippen LogP contribution in [0, 0.1) is 6.92 Å². The van der Waals surface area contributed by atoms with Gasteiger partial charge in [0.05, 0.1) is 11.2 Å². The second kappa shape index (κ2) is 8.30. The average Bonchev–Trinajstić information content (AvgIpc) is 2.45. The summed E-state index contributed by atoms with van der Waals surface area (Å²) >= 11 is 0. The van der Waals surface area contributed by atoms with E-state index in [0.29, 0.717) is 17.1 Å². The summed E-state index contributed by atoms with van der Waals surface area (Å²) in [7, 11) is -8.07. The summed E-state index contributed by atoms with van der Waals surface area (Å²) in [6.45, 7) is 3.46. The Balaban J connectivity index is 2.83. The molecule has 0 aliphatic carbocycles. The number of carbonyl (C=O) groups is 2. The van der Waals surface area contributed by atoms with Gasteiger partial charge in [-0.3, -0.25) is 5.32 Å². The number of hydrogen-bond donors (Lipinski definition) is 2. The fourth-order valence-electron chi connectivity index (χ4n) is 1.80. The van der Waals surface area contributed by atoms with Crippen molar-refractivity contribution in [3.05, 3.63) is 29.8 Å². The first-order valence-electron chi connectivity index (χ1n) is 7.39. The van der Waals surface area contributed by atoms with Gasteiger partial charge in [0.1, 0.15) is 0 Å². The van der Waals surface area contributed by atoms with Crippen molar-refractivity contribution < 1.29 is 26.4 Å². The number of unbranched alkanes of at least 4 members (excludes halogenated alkanes) is 1. The number of imide groups is 1. The van der Waals surface area contributed by atoms with Gasteiger partial charge in [0.2, 0.25) is 10.0 Å². The Kier molecular flexibility index (Phi) is 6.94. The first-order chi connectivity index (χ1) is 11.5. The van der Waals surface area contributed by atoms with E-state index in [2.05, 4.69) is 0 Å². The number of nitrogens with one attached hydrogen (secondary N) is 2. The number of urea groups is 2. The van der Waals surface area contributed by atoms with Crippen molar-refractivity contribution in [2.75, 3.05) is 12.8 Å². The zero-order valence-corrected chi connectivity index (χ0v) is 15.8. The molecule has 25 heavy (non-hydrogen) atoms. The summed E-state index contributed by atoms with van der Waals surface area (Å²) in [5.74, 6) is 0. The smallest absolute Gasteiger partial charge is 0.258 e. The van der Waals surface area contributed by atoms with E-state index >= 15 is 0 Å². The van der Waals surface area contributed by atoms with Gasteiger partial charge < -0.3 is 0 Å². The third-order valence-corrected chi connectivity index (χ3v) is 5.62. The van der Waals surface area contributed by atoms with Crippen LogP contribution >= 0.6 is 0 Å². The highest BCUT2D eigenvalue weighted by molar-refractivity contribution is 7.90. The lowest BCUT2D eigenvalue weighted by Crippen LogP contribution is -2.50. The predicted octanol–water partition coefficient (Wildman–Crippen LogP) is 1.16. The van der Waals surface area contributed by atoms with Gasteiger partial charge in [-0.15, -0.1) is 0 Å². The quantitative estimate of drug-likeness (QED) is 0.748. The summed E-state index contributed by atoms with van der Waals surface area (Å²) in [4.78, 5) is 23.6. The summed E-state index contributed by atoms with van der Waals surface area (Å²) in [6.07, 6.45) is 1.86. The highest BCUT2D eigenvalue weighted by atomic mass is 32.2. The van der Waals surface area contributed by atoms with E-state index in [0.717, 1.165) is 11.8 Å². The van der Waals surface area contributed by atoms with E-state index in [9.17, 15) is 26.4 Å². The number of hydrogen-bond acceptors (Lipinski definition) is 6. The lowest BCUT2D eigenvalue weighted by molar-refractivity contribution is 0.217.